The topological polar surface area (TPSA) is 131 Å². The van der Waals surface area contributed by atoms with Crippen LogP contribution in [0.4, 0.5) is 4.39 Å². The van der Waals surface area contributed by atoms with E-state index in [0.29, 0.717) is 12.1 Å². The smallest absolute Gasteiger partial charge is 0.275 e. The fourth-order valence-electron chi connectivity index (χ4n) is 3.72. The third-order valence-electron chi connectivity index (χ3n) is 5.35. The van der Waals surface area contributed by atoms with Crippen molar-refractivity contribution in [2.45, 2.75) is 12.6 Å². The number of aromatic nitrogens is 2. The fraction of sp³-hybridized carbons (Fsp3) is 0.182. The van der Waals surface area contributed by atoms with E-state index in [-0.39, 0.29) is 29.5 Å². The first kappa shape index (κ1) is 21.0. The van der Waals surface area contributed by atoms with Gasteiger partial charge in [0.2, 0.25) is 5.91 Å². The summed E-state index contributed by atoms with van der Waals surface area (Å²) in [6.07, 6.45) is 0. The maximum Gasteiger partial charge on any atom is 0.275 e. The molecule has 1 atom stereocenters. The van der Waals surface area contributed by atoms with Gasteiger partial charge in [-0.1, -0.05) is 36.4 Å². The van der Waals surface area contributed by atoms with Crippen LogP contribution in [0.25, 0.3) is 0 Å². The number of hydrogen-bond donors (Lipinski definition) is 3. The molecule has 0 spiro atoms. The molecule has 1 aliphatic rings. The van der Waals surface area contributed by atoms with Crippen molar-refractivity contribution in [2.75, 3.05) is 13.6 Å². The van der Waals surface area contributed by atoms with E-state index < -0.39 is 29.3 Å². The molecule has 164 valence electrons. The lowest BCUT2D eigenvalue weighted by molar-refractivity contribution is 0.0719. The van der Waals surface area contributed by atoms with E-state index in [9.17, 15) is 23.9 Å². The van der Waals surface area contributed by atoms with Crippen molar-refractivity contribution in [3.63, 3.8) is 0 Å². The highest BCUT2D eigenvalue weighted by atomic mass is 19.1. The number of hydrogen-bond acceptors (Lipinski definition) is 5. The Bertz CT molecular complexity index is 1220. The Morgan fingerprint density at radius 1 is 1.25 bits per heavy atom. The Morgan fingerprint density at radius 3 is 2.66 bits per heavy atom. The highest BCUT2D eigenvalue weighted by Gasteiger charge is 2.37. The molecular weight excluding hydrogens is 417 g/mol. The Morgan fingerprint density at radius 2 is 1.97 bits per heavy atom. The molecule has 3 amide bonds. The molecule has 0 fully saturated rings. The number of aromatic hydroxyl groups is 1. The molecule has 1 aromatic heterocycles. The minimum Gasteiger partial charge on any atom is -0.504 e. The summed E-state index contributed by atoms with van der Waals surface area (Å²) in [6.45, 7) is 0.157. The molecule has 9 nitrogen and oxygen atoms in total. The van der Waals surface area contributed by atoms with E-state index >= 15 is 0 Å². The van der Waals surface area contributed by atoms with Crippen LogP contribution < -0.4 is 11.1 Å². The first-order chi connectivity index (χ1) is 15.3. The zero-order valence-electron chi connectivity index (χ0n) is 17.1. The number of carbonyl (C=O) groups excluding carboxylic acids is 3. The number of nitrogens with one attached hydrogen (secondary N) is 1. The lowest BCUT2D eigenvalue weighted by Crippen LogP contribution is -2.41. The quantitative estimate of drug-likeness (QED) is 0.556. The zero-order valence-corrected chi connectivity index (χ0v) is 17.1. The monoisotopic (exact) mass is 437 g/mol. The van der Waals surface area contributed by atoms with Crippen LogP contribution in [0.2, 0.25) is 0 Å². The molecule has 2 heterocycles. The lowest BCUT2D eigenvalue weighted by atomic mass is 10.0. The molecule has 10 heteroatoms. The maximum absolute atomic E-state index is 13.4. The molecular formula is C22H20FN5O4. The number of amides is 3. The second-order valence-electron chi connectivity index (χ2n) is 7.45. The fourth-order valence-corrected chi connectivity index (χ4v) is 3.72. The molecule has 0 aliphatic carbocycles. The molecule has 3 aromatic rings. The summed E-state index contributed by atoms with van der Waals surface area (Å²) in [5.74, 6) is -3.23. The van der Waals surface area contributed by atoms with Crippen molar-refractivity contribution < 1.29 is 23.9 Å². The van der Waals surface area contributed by atoms with Gasteiger partial charge in [0.1, 0.15) is 5.82 Å². The molecule has 4 rings (SSSR count). The summed E-state index contributed by atoms with van der Waals surface area (Å²) >= 11 is 0. The van der Waals surface area contributed by atoms with Crippen molar-refractivity contribution in [3.8, 4) is 5.75 Å². The van der Waals surface area contributed by atoms with Gasteiger partial charge in [0.05, 0.1) is 6.04 Å². The predicted molar refractivity (Wildman–Crippen MR) is 112 cm³/mol. The van der Waals surface area contributed by atoms with Crippen molar-refractivity contribution >= 4 is 17.7 Å². The molecule has 0 bridgehead atoms. The predicted octanol–water partition coefficient (Wildman–Crippen LogP) is 1.43. The summed E-state index contributed by atoms with van der Waals surface area (Å²) in [5, 5.41) is 17.4. The Kier molecular flexibility index (Phi) is 5.35. The first-order valence-corrected chi connectivity index (χ1v) is 9.76. The molecule has 0 unspecified atom stereocenters. The van der Waals surface area contributed by atoms with Gasteiger partial charge in [-0.25, -0.2) is 9.07 Å². The standard InChI is InChI=1S/C22H20FN5O4/c1-27-11-16(12-5-3-2-4-6-12)28-18(22(27)32)19(29)17(26-28)21(31)25-10-13-7-8-14(23)9-15(13)20(24)30/h2-9,16,29H,10-11H2,1H3,(H2,24,30)(H,25,31)/t16-/m1/s1. The van der Waals surface area contributed by atoms with E-state index in [2.05, 4.69) is 10.4 Å². The molecule has 1 aliphatic heterocycles. The highest BCUT2D eigenvalue weighted by molar-refractivity contribution is 6.02. The number of halogens is 1. The number of nitrogens with zero attached hydrogens (tertiary/aromatic N) is 3. The van der Waals surface area contributed by atoms with E-state index in [1.54, 1.807) is 7.05 Å². The van der Waals surface area contributed by atoms with Gasteiger partial charge in [-0.2, -0.15) is 5.10 Å². The summed E-state index contributed by atoms with van der Waals surface area (Å²) in [4.78, 5) is 38.5. The average molecular weight is 437 g/mol. The summed E-state index contributed by atoms with van der Waals surface area (Å²) in [7, 11) is 1.61. The zero-order chi connectivity index (χ0) is 23.0. The van der Waals surface area contributed by atoms with Crippen LogP contribution in [0.3, 0.4) is 0 Å². The van der Waals surface area contributed by atoms with Crippen LogP contribution in [-0.4, -0.2) is 51.1 Å². The highest BCUT2D eigenvalue weighted by Crippen LogP contribution is 2.33. The minimum absolute atomic E-state index is 0.0698. The Labute approximate surface area is 182 Å². The van der Waals surface area contributed by atoms with Crippen LogP contribution in [0.15, 0.2) is 48.5 Å². The van der Waals surface area contributed by atoms with E-state index in [1.165, 1.54) is 15.6 Å². The van der Waals surface area contributed by atoms with Crippen molar-refractivity contribution in [3.05, 3.63) is 82.4 Å². The normalized spacial score (nSPS) is 15.4. The van der Waals surface area contributed by atoms with Gasteiger partial charge in [0.25, 0.3) is 11.8 Å². The van der Waals surface area contributed by atoms with Crippen LogP contribution in [0.5, 0.6) is 5.75 Å². The SMILES string of the molecule is CN1C[C@H](c2ccccc2)n2nc(C(=O)NCc3ccc(F)cc3C(N)=O)c(O)c2C1=O. The minimum atomic E-state index is -0.839. The van der Waals surface area contributed by atoms with Crippen LogP contribution in [0.1, 0.15) is 48.5 Å². The van der Waals surface area contributed by atoms with Crippen LogP contribution in [0, 0.1) is 5.82 Å². The number of likely N-dealkylation sites (N-methyl/N-ethyl adjacent to an activating group) is 1. The van der Waals surface area contributed by atoms with Gasteiger partial charge >= 0.3 is 0 Å². The first-order valence-electron chi connectivity index (χ1n) is 9.76. The number of benzene rings is 2. The number of nitrogens with two attached hydrogens (primary N) is 1. The number of rotatable bonds is 5. The van der Waals surface area contributed by atoms with Gasteiger partial charge in [-0.15, -0.1) is 0 Å². The number of primary amides is 1. The molecule has 0 saturated heterocycles. The van der Waals surface area contributed by atoms with Crippen molar-refractivity contribution in [1.29, 1.82) is 0 Å². The lowest BCUT2D eigenvalue weighted by Gasteiger charge is -2.31. The summed E-state index contributed by atoms with van der Waals surface area (Å²) in [6, 6.07) is 12.4. The summed E-state index contributed by atoms with van der Waals surface area (Å²) in [5.41, 5.74) is 5.95. The van der Waals surface area contributed by atoms with Gasteiger partial charge in [0.15, 0.2) is 17.1 Å². The van der Waals surface area contributed by atoms with E-state index in [0.717, 1.165) is 17.7 Å². The molecule has 4 N–H and O–H groups in total. The molecule has 2 aromatic carbocycles. The van der Waals surface area contributed by atoms with E-state index in [1.807, 2.05) is 30.3 Å². The number of fused-ring (bicyclic) bond motifs is 1. The van der Waals surface area contributed by atoms with Crippen molar-refractivity contribution in [1.82, 2.24) is 20.0 Å². The van der Waals surface area contributed by atoms with Crippen molar-refractivity contribution in [2.24, 2.45) is 5.73 Å². The van der Waals surface area contributed by atoms with Gasteiger partial charge < -0.3 is 21.1 Å². The molecule has 0 radical (unpaired) electrons. The third-order valence-corrected chi connectivity index (χ3v) is 5.35. The van der Waals surface area contributed by atoms with Gasteiger partial charge in [0, 0.05) is 25.7 Å². The second kappa shape index (κ2) is 8.14. The van der Waals surface area contributed by atoms with Gasteiger partial charge in [-0.05, 0) is 23.3 Å². The van der Waals surface area contributed by atoms with Gasteiger partial charge in [-0.3, -0.25) is 14.4 Å². The third kappa shape index (κ3) is 3.66. The largest absolute Gasteiger partial charge is 0.504 e. The Balaban J connectivity index is 1.65. The second-order valence-corrected chi connectivity index (χ2v) is 7.45. The van der Waals surface area contributed by atoms with Crippen LogP contribution >= 0.6 is 0 Å². The van der Waals surface area contributed by atoms with Crippen LogP contribution in [-0.2, 0) is 6.54 Å². The molecule has 32 heavy (non-hydrogen) atoms. The maximum atomic E-state index is 13.4. The Hall–Kier alpha value is -4.21. The average Bonchev–Trinajstić information content (AvgIpc) is 3.13. The summed E-state index contributed by atoms with van der Waals surface area (Å²) < 4.78 is 14.8. The number of carbonyl (C=O) groups is 3. The van der Waals surface area contributed by atoms with E-state index in [4.69, 9.17) is 5.73 Å². The molecule has 0 saturated carbocycles.